The molecule has 0 saturated carbocycles. The van der Waals surface area contributed by atoms with Crippen LogP contribution in [0.5, 0.6) is 0 Å². The van der Waals surface area contributed by atoms with Crippen LogP contribution in [0.25, 0.3) is 22.4 Å². The number of hydrogen-bond acceptors (Lipinski definition) is 3. The molecule has 2 aromatic carbocycles. The summed E-state index contributed by atoms with van der Waals surface area (Å²) >= 11 is 0. The van der Waals surface area contributed by atoms with Gasteiger partial charge in [-0.1, -0.05) is 50.2 Å². The van der Waals surface area contributed by atoms with Crippen LogP contribution in [0.2, 0.25) is 0 Å². The average molecular weight is 348 g/mol. The highest BCUT2D eigenvalue weighted by Crippen LogP contribution is 2.21. The van der Waals surface area contributed by atoms with Crippen molar-refractivity contribution in [3.05, 3.63) is 54.1 Å². The van der Waals surface area contributed by atoms with Crippen molar-refractivity contribution in [1.29, 1.82) is 0 Å². The Morgan fingerprint density at radius 3 is 2.69 bits per heavy atom. The van der Waals surface area contributed by atoms with E-state index in [1.807, 2.05) is 18.2 Å². The fourth-order valence-electron chi connectivity index (χ4n) is 3.94. The van der Waals surface area contributed by atoms with E-state index in [1.54, 1.807) is 0 Å². The first-order chi connectivity index (χ1) is 12.7. The Balaban J connectivity index is 1.39. The van der Waals surface area contributed by atoms with Crippen molar-refractivity contribution in [2.75, 3.05) is 19.6 Å². The van der Waals surface area contributed by atoms with Gasteiger partial charge in [0, 0.05) is 24.7 Å². The van der Waals surface area contributed by atoms with Crippen LogP contribution in [0.15, 0.2) is 48.5 Å². The maximum atomic E-state index is 4.68. The van der Waals surface area contributed by atoms with Crippen LogP contribution in [0, 0.1) is 5.92 Å². The van der Waals surface area contributed by atoms with Gasteiger partial charge in [0.05, 0.1) is 11.0 Å². The van der Waals surface area contributed by atoms with E-state index in [1.165, 1.54) is 31.6 Å². The number of benzene rings is 2. The first kappa shape index (κ1) is 17.3. The van der Waals surface area contributed by atoms with E-state index in [9.17, 15) is 0 Å². The lowest BCUT2D eigenvalue weighted by molar-refractivity contribution is 0.153. The van der Waals surface area contributed by atoms with E-state index in [4.69, 9.17) is 0 Å². The molecule has 4 rings (SSSR count). The quantitative estimate of drug-likeness (QED) is 0.731. The molecule has 1 aliphatic heterocycles. The molecule has 2 heterocycles. The molecule has 0 amide bonds. The number of fused-ring (bicyclic) bond motifs is 1. The number of H-pyrrole nitrogens is 1. The van der Waals surface area contributed by atoms with E-state index >= 15 is 0 Å². The summed E-state index contributed by atoms with van der Waals surface area (Å²) in [6.45, 7) is 9.14. The number of piperidine rings is 1. The van der Waals surface area contributed by atoms with Crippen molar-refractivity contribution in [3.8, 4) is 11.4 Å². The Morgan fingerprint density at radius 2 is 1.96 bits per heavy atom. The van der Waals surface area contributed by atoms with Crippen molar-refractivity contribution < 1.29 is 0 Å². The zero-order valence-corrected chi connectivity index (χ0v) is 15.7. The molecule has 0 unspecified atom stereocenters. The smallest absolute Gasteiger partial charge is 0.138 e. The highest BCUT2D eigenvalue weighted by Gasteiger charge is 2.24. The first-order valence-corrected chi connectivity index (χ1v) is 9.72. The Hall–Kier alpha value is -2.17. The number of nitrogens with one attached hydrogen (secondary N) is 2. The van der Waals surface area contributed by atoms with Crippen LogP contribution >= 0.6 is 0 Å². The van der Waals surface area contributed by atoms with Gasteiger partial charge in [0.15, 0.2) is 0 Å². The monoisotopic (exact) mass is 348 g/mol. The van der Waals surface area contributed by atoms with E-state index in [0.717, 1.165) is 29.0 Å². The largest absolute Gasteiger partial charge is 0.338 e. The van der Waals surface area contributed by atoms with E-state index < -0.39 is 0 Å². The molecule has 3 aromatic rings. The zero-order chi connectivity index (χ0) is 17.9. The second-order valence-electron chi connectivity index (χ2n) is 7.45. The number of likely N-dealkylation sites (tertiary alicyclic amines) is 1. The lowest BCUT2D eigenvalue weighted by atomic mass is 9.93. The Labute approximate surface area is 155 Å². The second kappa shape index (κ2) is 7.60. The molecule has 1 fully saturated rings. The normalized spacial score (nSPS) is 21.3. The minimum absolute atomic E-state index is 0.618. The second-order valence-corrected chi connectivity index (χ2v) is 7.45. The molecule has 4 heteroatoms. The number of para-hydroxylation sites is 2. The molecule has 0 radical (unpaired) electrons. The number of hydrogen-bond donors (Lipinski definition) is 2. The third-order valence-corrected chi connectivity index (χ3v) is 5.62. The minimum atomic E-state index is 0.618. The number of rotatable bonds is 5. The predicted molar refractivity (Wildman–Crippen MR) is 108 cm³/mol. The van der Waals surface area contributed by atoms with Crippen molar-refractivity contribution in [3.63, 3.8) is 0 Å². The van der Waals surface area contributed by atoms with Gasteiger partial charge in [0.2, 0.25) is 0 Å². The average Bonchev–Trinajstić information content (AvgIpc) is 3.11. The van der Waals surface area contributed by atoms with Gasteiger partial charge in [-0.25, -0.2) is 4.98 Å². The number of aromatic nitrogens is 2. The molecular weight excluding hydrogens is 320 g/mol. The van der Waals surface area contributed by atoms with Crippen LogP contribution in [-0.2, 0) is 6.54 Å². The summed E-state index contributed by atoms with van der Waals surface area (Å²) in [5.74, 6) is 1.64. The summed E-state index contributed by atoms with van der Waals surface area (Å²) in [6.07, 6.45) is 1.24. The van der Waals surface area contributed by atoms with Crippen molar-refractivity contribution in [2.24, 2.45) is 5.92 Å². The first-order valence-electron chi connectivity index (χ1n) is 9.72. The minimum Gasteiger partial charge on any atom is -0.338 e. The molecule has 0 bridgehead atoms. The zero-order valence-electron chi connectivity index (χ0n) is 15.7. The van der Waals surface area contributed by atoms with Crippen molar-refractivity contribution in [1.82, 2.24) is 20.2 Å². The number of aromatic amines is 1. The van der Waals surface area contributed by atoms with Crippen LogP contribution in [0.3, 0.4) is 0 Å². The summed E-state index contributed by atoms with van der Waals surface area (Å²) in [5, 5.41) is 3.76. The van der Waals surface area contributed by atoms with Gasteiger partial charge in [-0.2, -0.15) is 0 Å². The molecule has 2 atom stereocenters. The molecular formula is C22H28N4. The summed E-state index contributed by atoms with van der Waals surface area (Å²) in [4.78, 5) is 10.6. The highest BCUT2D eigenvalue weighted by atomic mass is 15.1. The molecule has 1 aromatic heterocycles. The van der Waals surface area contributed by atoms with Crippen LogP contribution in [0.1, 0.15) is 25.8 Å². The molecule has 26 heavy (non-hydrogen) atoms. The summed E-state index contributed by atoms with van der Waals surface area (Å²) in [6, 6.07) is 17.5. The van der Waals surface area contributed by atoms with E-state index in [-0.39, 0.29) is 0 Å². The number of nitrogens with zero attached hydrogens (tertiary/aromatic N) is 2. The van der Waals surface area contributed by atoms with Crippen LogP contribution in [0.4, 0.5) is 0 Å². The fourth-order valence-corrected chi connectivity index (χ4v) is 3.94. The Morgan fingerprint density at radius 1 is 1.15 bits per heavy atom. The molecule has 0 aliphatic carbocycles. The van der Waals surface area contributed by atoms with Crippen LogP contribution < -0.4 is 5.32 Å². The Bertz CT molecular complexity index is 819. The molecule has 0 spiro atoms. The van der Waals surface area contributed by atoms with Crippen molar-refractivity contribution >= 4 is 11.0 Å². The molecule has 1 aliphatic rings. The standard InChI is InChI=1S/C22H28N4/c1-3-26-13-12-19(16(2)15-26)23-14-17-8-10-18(11-9-17)22-24-20-6-4-5-7-21(20)25-22/h4-11,16,19,23H,3,12-15H2,1-2H3,(H,24,25)/t16-,19+/m0/s1. The van der Waals surface area contributed by atoms with E-state index in [2.05, 4.69) is 64.4 Å². The predicted octanol–water partition coefficient (Wildman–Crippen LogP) is 4.05. The van der Waals surface area contributed by atoms with Gasteiger partial charge < -0.3 is 15.2 Å². The third kappa shape index (κ3) is 3.67. The van der Waals surface area contributed by atoms with Gasteiger partial charge in [0.1, 0.15) is 5.82 Å². The SMILES string of the molecule is CCN1CC[C@@H](NCc2ccc(-c3nc4ccccc4[nH]3)cc2)[C@@H](C)C1. The Kier molecular flexibility index (Phi) is 5.05. The fraction of sp³-hybridized carbons (Fsp3) is 0.409. The highest BCUT2D eigenvalue weighted by molar-refractivity contribution is 5.79. The van der Waals surface area contributed by atoms with Crippen LogP contribution in [-0.4, -0.2) is 40.5 Å². The van der Waals surface area contributed by atoms with Crippen molar-refractivity contribution in [2.45, 2.75) is 32.9 Å². The lowest BCUT2D eigenvalue weighted by Crippen LogP contribution is -2.47. The van der Waals surface area contributed by atoms with E-state index in [0.29, 0.717) is 12.0 Å². The van der Waals surface area contributed by atoms with Gasteiger partial charge in [-0.15, -0.1) is 0 Å². The molecule has 1 saturated heterocycles. The topological polar surface area (TPSA) is 44.0 Å². The molecule has 2 N–H and O–H groups in total. The molecule has 136 valence electrons. The van der Waals surface area contributed by atoms with Gasteiger partial charge in [0.25, 0.3) is 0 Å². The van der Waals surface area contributed by atoms with Gasteiger partial charge in [-0.05, 0) is 43.1 Å². The third-order valence-electron chi connectivity index (χ3n) is 5.62. The maximum absolute atomic E-state index is 4.68. The molecule has 4 nitrogen and oxygen atoms in total. The maximum Gasteiger partial charge on any atom is 0.138 e. The van der Waals surface area contributed by atoms with Gasteiger partial charge >= 0.3 is 0 Å². The lowest BCUT2D eigenvalue weighted by Gasteiger charge is -2.37. The number of imidazole rings is 1. The summed E-state index contributed by atoms with van der Waals surface area (Å²) in [5.41, 5.74) is 4.56. The summed E-state index contributed by atoms with van der Waals surface area (Å²) < 4.78 is 0. The van der Waals surface area contributed by atoms with Gasteiger partial charge in [-0.3, -0.25) is 0 Å². The summed E-state index contributed by atoms with van der Waals surface area (Å²) in [7, 11) is 0.